The van der Waals surface area contributed by atoms with Crippen LogP contribution in [0.25, 0.3) is 0 Å². The topological polar surface area (TPSA) is 106 Å². The zero-order valence-corrected chi connectivity index (χ0v) is 11.2. The first-order valence-electron chi connectivity index (χ1n) is 4.81. The second kappa shape index (κ2) is 9.64. The molecule has 0 aromatic carbocycles. The Morgan fingerprint density at radius 2 is 2.25 bits per heavy atom. The maximum Gasteiger partial charge on any atom is 0.122 e. The van der Waals surface area contributed by atoms with Crippen LogP contribution in [0.15, 0.2) is 16.2 Å². The van der Waals surface area contributed by atoms with Gasteiger partial charge in [0.15, 0.2) is 0 Å². The van der Waals surface area contributed by atoms with Gasteiger partial charge in [-0.25, -0.2) is 5.84 Å². The molecule has 0 heterocycles. The van der Waals surface area contributed by atoms with E-state index in [1.165, 1.54) is 30.1 Å². The van der Waals surface area contributed by atoms with Crippen molar-refractivity contribution in [1.82, 2.24) is 9.73 Å². The molecule has 0 aromatic rings. The first kappa shape index (κ1) is 15.4. The van der Waals surface area contributed by atoms with Gasteiger partial charge in [-0.05, 0) is 13.8 Å². The summed E-state index contributed by atoms with van der Waals surface area (Å²) in [6.45, 7) is 4.65. The minimum Gasteiger partial charge on any atom is -0.402 e. The molecule has 0 amide bonds. The third-order valence-electron chi connectivity index (χ3n) is 1.60. The van der Waals surface area contributed by atoms with Gasteiger partial charge in [-0.2, -0.15) is 0 Å². The molecular weight excluding hydrogens is 244 g/mol. The number of hydrogen-bond donors (Lipinski definition) is 4. The SMILES string of the molecule is CC(C)N(N)/C(=C\N)SNC=NCCSN. The summed E-state index contributed by atoms with van der Waals surface area (Å²) in [7, 11) is 0. The van der Waals surface area contributed by atoms with Crippen molar-refractivity contribution in [3.05, 3.63) is 11.2 Å². The smallest absolute Gasteiger partial charge is 0.122 e. The van der Waals surface area contributed by atoms with Crippen molar-refractivity contribution in [2.45, 2.75) is 19.9 Å². The highest BCUT2D eigenvalue weighted by molar-refractivity contribution is 8.01. The van der Waals surface area contributed by atoms with Crippen LogP contribution in [0, 0.1) is 0 Å². The largest absolute Gasteiger partial charge is 0.402 e. The fraction of sp³-hybridized carbons (Fsp3) is 0.625. The molecule has 0 fully saturated rings. The summed E-state index contributed by atoms with van der Waals surface area (Å²) in [4.78, 5) is 4.09. The standard InChI is InChI=1S/C8H20N6S2/c1-7(2)14(10)8(5-9)16-13-6-12-3-4-15-11/h5-7H,3-4,9-11H2,1-2H3,(H,12,13)/b8-5+. The maximum atomic E-state index is 5.79. The molecule has 0 aromatic heterocycles. The number of rotatable bonds is 8. The molecule has 0 rings (SSSR count). The van der Waals surface area contributed by atoms with Gasteiger partial charge in [0, 0.05) is 29.9 Å². The lowest BCUT2D eigenvalue weighted by Crippen LogP contribution is -2.36. The minimum absolute atomic E-state index is 0.190. The predicted molar refractivity (Wildman–Crippen MR) is 74.2 cm³/mol. The number of nitrogens with zero attached hydrogens (tertiary/aromatic N) is 2. The molecule has 0 aliphatic heterocycles. The van der Waals surface area contributed by atoms with E-state index in [2.05, 4.69) is 9.71 Å². The quantitative estimate of drug-likeness (QED) is 0.124. The van der Waals surface area contributed by atoms with Crippen LogP contribution in [0.3, 0.4) is 0 Å². The van der Waals surface area contributed by atoms with Crippen LogP contribution in [0.2, 0.25) is 0 Å². The van der Waals surface area contributed by atoms with Crippen LogP contribution in [-0.4, -0.2) is 29.7 Å². The van der Waals surface area contributed by atoms with Crippen molar-refractivity contribution in [3.8, 4) is 0 Å². The molecule has 0 saturated heterocycles. The summed E-state index contributed by atoms with van der Waals surface area (Å²) in [6, 6.07) is 0.190. The van der Waals surface area contributed by atoms with E-state index < -0.39 is 0 Å². The third-order valence-corrected chi connectivity index (χ3v) is 2.80. The van der Waals surface area contributed by atoms with Crippen molar-refractivity contribution in [1.29, 1.82) is 0 Å². The Balaban J connectivity index is 3.85. The summed E-state index contributed by atoms with van der Waals surface area (Å²) in [5, 5.41) is 7.58. The summed E-state index contributed by atoms with van der Waals surface area (Å²) in [6.07, 6.45) is 3.07. The van der Waals surface area contributed by atoms with Crippen molar-refractivity contribution >= 4 is 30.2 Å². The monoisotopic (exact) mass is 264 g/mol. The van der Waals surface area contributed by atoms with E-state index in [-0.39, 0.29) is 6.04 Å². The molecular formula is C8H20N6S2. The number of hydrogen-bond acceptors (Lipinski definition) is 7. The molecule has 6 nitrogen and oxygen atoms in total. The Labute approximate surface area is 105 Å². The second-order valence-electron chi connectivity index (χ2n) is 3.13. The average molecular weight is 264 g/mol. The molecule has 7 N–H and O–H groups in total. The van der Waals surface area contributed by atoms with E-state index in [9.17, 15) is 0 Å². The van der Waals surface area contributed by atoms with E-state index in [4.69, 9.17) is 16.7 Å². The summed E-state index contributed by atoms with van der Waals surface area (Å²) >= 11 is 2.59. The van der Waals surface area contributed by atoms with E-state index in [1.54, 1.807) is 11.3 Å². The van der Waals surface area contributed by atoms with Gasteiger partial charge in [-0.15, -0.1) is 0 Å². The van der Waals surface area contributed by atoms with Crippen molar-refractivity contribution < 1.29 is 0 Å². The molecule has 0 unspecified atom stereocenters. The van der Waals surface area contributed by atoms with E-state index in [1.807, 2.05) is 13.8 Å². The van der Waals surface area contributed by atoms with Gasteiger partial charge < -0.3 is 10.5 Å². The molecule has 0 aliphatic carbocycles. The van der Waals surface area contributed by atoms with Gasteiger partial charge in [-0.3, -0.25) is 15.1 Å². The molecule has 16 heavy (non-hydrogen) atoms. The summed E-state index contributed by atoms with van der Waals surface area (Å²) < 4.78 is 2.94. The second-order valence-corrected chi connectivity index (χ2v) is 4.73. The zero-order chi connectivity index (χ0) is 12.4. The summed E-state index contributed by atoms with van der Waals surface area (Å²) in [5.74, 6) is 6.60. The maximum absolute atomic E-state index is 5.79. The minimum atomic E-state index is 0.190. The average Bonchev–Trinajstić information content (AvgIpc) is 2.27. The molecule has 0 aliphatic rings. The Bertz CT molecular complexity index is 231. The lowest BCUT2D eigenvalue weighted by atomic mass is 10.4. The molecule has 94 valence electrons. The molecule has 8 heteroatoms. The van der Waals surface area contributed by atoms with Crippen LogP contribution in [0.1, 0.15) is 13.8 Å². The van der Waals surface area contributed by atoms with Gasteiger partial charge in [0.05, 0.1) is 12.9 Å². The first-order valence-corrected chi connectivity index (χ1v) is 6.68. The fourth-order valence-corrected chi connectivity index (χ4v) is 1.56. The zero-order valence-electron chi connectivity index (χ0n) is 9.59. The van der Waals surface area contributed by atoms with Crippen LogP contribution < -0.4 is 21.4 Å². The first-order chi connectivity index (χ1) is 7.63. The Hall–Kier alpha value is -0.570. The summed E-state index contributed by atoms with van der Waals surface area (Å²) in [5.41, 5.74) is 5.47. The predicted octanol–water partition coefficient (Wildman–Crippen LogP) is 0.201. The van der Waals surface area contributed by atoms with E-state index >= 15 is 0 Å². The molecule has 0 saturated carbocycles. The lowest BCUT2D eigenvalue weighted by Gasteiger charge is -2.24. The highest BCUT2D eigenvalue weighted by Gasteiger charge is 2.08. The van der Waals surface area contributed by atoms with Gasteiger partial charge in [0.25, 0.3) is 0 Å². The highest BCUT2D eigenvalue weighted by Crippen LogP contribution is 2.14. The van der Waals surface area contributed by atoms with Crippen LogP contribution in [0.5, 0.6) is 0 Å². The van der Waals surface area contributed by atoms with Gasteiger partial charge in [0.2, 0.25) is 0 Å². The molecule has 0 spiro atoms. The van der Waals surface area contributed by atoms with Crippen LogP contribution in [-0.2, 0) is 0 Å². The molecule has 0 radical (unpaired) electrons. The number of aliphatic imine (C=N–C) groups is 1. The van der Waals surface area contributed by atoms with E-state index in [0.29, 0.717) is 6.54 Å². The van der Waals surface area contributed by atoms with Crippen LogP contribution >= 0.6 is 23.9 Å². The number of nitrogens with one attached hydrogen (secondary N) is 1. The van der Waals surface area contributed by atoms with Crippen molar-refractivity contribution in [2.24, 2.45) is 21.7 Å². The third kappa shape index (κ3) is 6.83. The normalized spacial score (nSPS) is 12.4. The Kier molecular flexibility index (Phi) is 9.30. The number of hydrazine groups is 1. The van der Waals surface area contributed by atoms with E-state index in [0.717, 1.165) is 10.8 Å². The Morgan fingerprint density at radius 3 is 2.75 bits per heavy atom. The molecule has 0 atom stereocenters. The van der Waals surface area contributed by atoms with Gasteiger partial charge >= 0.3 is 0 Å². The lowest BCUT2D eigenvalue weighted by molar-refractivity contribution is 0.314. The Morgan fingerprint density at radius 1 is 1.56 bits per heavy atom. The fourth-order valence-electron chi connectivity index (χ4n) is 0.721. The van der Waals surface area contributed by atoms with Gasteiger partial charge in [0.1, 0.15) is 5.03 Å². The van der Waals surface area contributed by atoms with Gasteiger partial charge in [-0.1, -0.05) is 11.9 Å². The molecule has 0 bridgehead atoms. The van der Waals surface area contributed by atoms with Crippen LogP contribution in [0.4, 0.5) is 0 Å². The van der Waals surface area contributed by atoms with Crippen molar-refractivity contribution in [2.75, 3.05) is 12.3 Å². The van der Waals surface area contributed by atoms with Crippen molar-refractivity contribution in [3.63, 3.8) is 0 Å². The number of nitrogens with two attached hydrogens (primary N) is 3. The highest BCUT2D eigenvalue weighted by atomic mass is 32.2.